The van der Waals surface area contributed by atoms with Crippen molar-refractivity contribution in [1.82, 2.24) is 0 Å². The molecular weight excluding hydrogens is 186 g/mol. The lowest BCUT2D eigenvalue weighted by Gasteiger charge is -2.12. The zero-order valence-corrected chi connectivity index (χ0v) is 9.53. The summed E-state index contributed by atoms with van der Waals surface area (Å²) in [6.45, 7) is 1.69. The summed E-state index contributed by atoms with van der Waals surface area (Å²) in [5.74, 6) is 1.10. The van der Waals surface area contributed by atoms with E-state index in [2.05, 4.69) is 29.2 Å². The van der Waals surface area contributed by atoms with Crippen LogP contribution in [0.2, 0.25) is 0 Å². The highest BCUT2D eigenvalue weighted by molar-refractivity contribution is 5.82. The van der Waals surface area contributed by atoms with Crippen molar-refractivity contribution in [3.05, 3.63) is 29.8 Å². The minimum absolute atomic E-state index is 0.287. The predicted octanol–water partition coefficient (Wildman–Crippen LogP) is 2.45. The van der Waals surface area contributed by atoms with E-state index >= 15 is 0 Å². The minimum atomic E-state index is 0.287. The van der Waals surface area contributed by atoms with Gasteiger partial charge in [-0.2, -0.15) is 0 Å². The lowest BCUT2D eigenvalue weighted by atomic mass is 10.1. The van der Waals surface area contributed by atoms with E-state index in [9.17, 15) is 4.79 Å². The Bertz CT molecular complexity index is 367. The standard InChI is InChI=1S/C13H17NO/c1-9(15)12-8-13(12)10-4-6-11(7-5-10)14(2)3/h4-7,12-13H,8H2,1-3H3/t12-,13-/m1/s1. The van der Waals surface area contributed by atoms with Gasteiger partial charge in [0.2, 0.25) is 0 Å². The Kier molecular flexibility index (Phi) is 2.51. The zero-order chi connectivity index (χ0) is 11.0. The molecule has 0 saturated heterocycles. The molecule has 1 aliphatic rings. The number of ketones is 1. The first kappa shape index (κ1) is 10.2. The normalized spacial score (nSPS) is 23.7. The van der Waals surface area contributed by atoms with Gasteiger partial charge in [0.25, 0.3) is 0 Å². The smallest absolute Gasteiger partial charge is 0.133 e. The van der Waals surface area contributed by atoms with Crippen molar-refractivity contribution in [3.63, 3.8) is 0 Å². The number of benzene rings is 1. The fourth-order valence-electron chi connectivity index (χ4n) is 2.03. The summed E-state index contributed by atoms with van der Waals surface area (Å²) in [4.78, 5) is 13.2. The first-order valence-corrected chi connectivity index (χ1v) is 5.37. The monoisotopic (exact) mass is 203 g/mol. The lowest BCUT2D eigenvalue weighted by molar-refractivity contribution is -0.118. The number of carbonyl (C=O) groups excluding carboxylic acids is 1. The van der Waals surface area contributed by atoms with Gasteiger partial charge in [0.05, 0.1) is 0 Å². The van der Waals surface area contributed by atoms with Crippen molar-refractivity contribution >= 4 is 11.5 Å². The fourth-order valence-corrected chi connectivity index (χ4v) is 2.03. The molecule has 0 aromatic heterocycles. The van der Waals surface area contributed by atoms with Crippen LogP contribution in [-0.4, -0.2) is 19.9 Å². The Morgan fingerprint density at radius 3 is 2.27 bits per heavy atom. The number of carbonyl (C=O) groups is 1. The van der Waals surface area contributed by atoms with Gasteiger partial charge in [-0.05, 0) is 37.0 Å². The highest BCUT2D eigenvalue weighted by Gasteiger charge is 2.41. The molecule has 0 heterocycles. The summed E-state index contributed by atoms with van der Waals surface area (Å²) < 4.78 is 0. The maximum atomic E-state index is 11.2. The molecule has 1 fully saturated rings. The quantitative estimate of drug-likeness (QED) is 0.752. The molecule has 2 atom stereocenters. The summed E-state index contributed by atoms with van der Waals surface area (Å²) in [5, 5.41) is 0. The van der Waals surface area contributed by atoms with Crippen molar-refractivity contribution in [3.8, 4) is 0 Å². The van der Waals surface area contributed by atoms with Gasteiger partial charge in [-0.15, -0.1) is 0 Å². The van der Waals surface area contributed by atoms with Crippen molar-refractivity contribution < 1.29 is 4.79 Å². The van der Waals surface area contributed by atoms with Crippen LogP contribution in [0.3, 0.4) is 0 Å². The third-order valence-corrected chi connectivity index (χ3v) is 3.15. The van der Waals surface area contributed by atoms with E-state index in [4.69, 9.17) is 0 Å². The van der Waals surface area contributed by atoms with E-state index in [0.717, 1.165) is 6.42 Å². The van der Waals surface area contributed by atoms with E-state index in [-0.39, 0.29) is 5.92 Å². The molecule has 0 radical (unpaired) electrons. The summed E-state index contributed by atoms with van der Waals surface area (Å²) in [7, 11) is 4.06. The van der Waals surface area contributed by atoms with Crippen LogP contribution in [0.4, 0.5) is 5.69 Å². The van der Waals surface area contributed by atoms with Crippen LogP contribution in [0.5, 0.6) is 0 Å². The van der Waals surface area contributed by atoms with Crippen LogP contribution in [0, 0.1) is 5.92 Å². The summed E-state index contributed by atoms with van der Waals surface area (Å²) >= 11 is 0. The predicted molar refractivity (Wildman–Crippen MR) is 62.3 cm³/mol. The third kappa shape index (κ3) is 2.04. The van der Waals surface area contributed by atoms with Crippen LogP contribution < -0.4 is 4.90 Å². The first-order valence-electron chi connectivity index (χ1n) is 5.37. The Balaban J connectivity index is 2.09. The van der Waals surface area contributed by atoms with Gasteiger partial charge in [0.15, 0.2) is 0 Å². The average Bonchev–Trinajstić information content (AvgIpc) is 2.97. The summed E-state index contributed by atoms with van der Waals surface area (Å²) in [6.07, 6.45) is 1.04. The molecule has 2 rings (SSSR count). The molecule has 1 aromatic carbocycles. The minimum Gasteiger partial charge on any atom is -0.378 e. The third-order valence-electron chi connectivity index (χ3n) is 3.15. The Labute approximate surface area is 90.9 Å². The average molecular weight is 203 g/mol. The fraction of sp³-hybridized carbons (Fsp3) is 0.462. The molecule has 1 aromatic rings. The van der Waals surface area contributed by atoms with Gasteiger partial charge in [0.1, 0.15) is 5.78 Å². The second-order valence-electron chi connectivity index (χ2n) is 4.55. The van der Waals surface area contributed by atoms with Gasteiger partial charge in [-0.25, -0.2) is 0 Å². The van der Waals surface area contributed by atoms with Crippen LogP contribution >= 0.6 is 0 Å². The van der Waals surface area contributed by atoms with Crippen molar-refractivity contribution in [1.29, 1.82) is 0 Å². The van der Waals surface area contributed by atoms with Gasteiger partial charge < -0.3 is 4.90 Å². The number of hydrogen-bond acceptors (Lipinski definition) is 2. The maximum absolute atomic E-state index is 11.2. The topological polar surface area (TPSA) is 20.3 Å². The Morgan fingerprint density at radius 1 is 1.27 bits per heavy atom. The van der Waals surface area contributed by atoms with E-state index in [1.54, 1.807) is 6.92 Å². The van der Waals surface area contributed by atoms with E-state index in [1.165, 1.54) is 11.3 Å². The molecule has 0 bridgehead atoms. The maximum Gasteiger partial charge on any atom is 0.133 e. The molecule has 1 saturated carbocycles. The first-order chi connectivity index (χ1) is 7.09. The molecule has 0 aliphatic heterocycles. The number of nitrogens with zero attached hydrogens (tertiary/aromatic N) is 1. The second-order valence-corrected chi connectivity index (χ2v) is 4.55. The molecule has 15 heavy (non-hydrogen) atoms. The van der Waals surface area contributed by atoms with Gasteiger partial charge in [-0.3, -0.25) is 4.79 Å². The molecular formula is C13H17NO. The second kappa shape index (κ2) is 3.69. The lowest BCUT2D eigenvalue weighted by Crippen LogP contribution is -2.08. The molecule has 2 nitrogen and oxygen atoms in total. The highest BCUT2D eigenvalue weighted by atomic mass is 16.1. The molecule has 0 unspecified atom stereocenters. The van der Waals surface area contributed by atoms with Crippen molar-refractivity contribution in [2.24, 2.45) is 5.92 Å². The molecule has 1 aliphatic carbocycles. The number of rotatable bonds is 3. The van der Waals surface area contributed by atoms with Gasteiger partial charge >= 0.3 is 0 Å². The van der Waals surface area contributed by atoms with Crippen LogP contribution in [0.1, 0.15) is 24.8 Å². The largest absolute Gasteiger partial charge is 0.378 e. The molecule has 0 N–H and O–H groups in total. The van der Waals surface area contributed by atoms with Crippen molar-refractivity contribution in [2.75, 3.05) is 19.0 Å². The number of Topliss-reactive ketones (excluding diaryl/α,β-unsaturated/α-hetero) is 1. The molecule has 0 spiro atoms. The summed E-state index contributed by atoms with van der Waals surface area (Å²) in [6, 6.07) is 8.52. The van der Waals surface area contributed by atoms with E-state index < -0.39 is 0 Å². The zero-order valence-electron chi connectivity index (χ0n) is 9.53. The number of anilines is 1. The van der Waals surface area contributed by atoms with Crippen molar-refractivity contribution in [2.45, 2.75) is 19.3 Å². The van der Waals surface area contributed by atoms with Crippen LogP contribution in [-0.2, 0) is 4.79 Å². The highest BCUT2D eigenvalue weighted by Crippen LogP contribution is 2.48. The molecule has 2 heteroatoms. The molecule has 80 valence electrons. The summed E-state index contributed by atoms with van der Waals surface area (Å²) in [5.41, 5.74) is 2.51. The van der Waals surface area contributed by atoms with Crippen LogP contribution in [0.25, 0.3) is 0 Å². The molecule has 0 amide bonds. The van der Waals surface area contributed by atoms with E-state index in [1.807, 2.05) is 14.1 Å². The Hall–Kier alpha value is -1.31. The number of hydrogen-bond donors (Lipinski definition) is 0. The van der Waals surface area contributed by atoms with E-state index in [0.29, 0.717) is 11.7 Å². The van der Waals surface area contributed by atoms with Gasteiger partial charge in [0, 0.05) is 25.7 Å². The van der Waals surface area contributed by atoms with Crippen LogP contribution in [0.15, 0.2) is 24.3 Å². The van der Waals surface area contributed by atoms with Gasteiger partial charge in [-0.1, -0.05) is 12.1 Å². The Morgan fingerprint density at radius 2 is 1.87 bits per heavy atom. The SMILES string of the molecule is CC(=O)[C@H]1C[C@@H]1c1ccc(N(C)C)cc1.